The quantitative estimate of drug-likeness (QED) is 0.525. The monoisotopic (exact) mass is 409 g/mol. The van der Waals surface area contributed by atoms with Crippen LogP contribution in [0.4, 0.5) is 0 Å². The normalized spacial score (nSPS) is 10.5. The van der Waals surface area contributed by atoms with Gasteiger partial charge in [-0.05, 0) is 58.1 Å². The van der Waals surface area contributed by atoms with Gasteiger partial charge in [0.15, 0.2) is 0 Å². The van der Waals surface area contributed by atoms with E-state index in [4.69, 9.17) is 9.47 Å². The third-order valence-electron chi connectivity index (χ3n) is 3.35. The van der Waals surface area contributed by atoms with Crippen molar-refractivity contribution in [1.29, 1.82) is 0 Å². The van der Waals surface area contributed by atoms with Gasteiger partial charge in [-0.1, -0.05) is 12.1 Å². The second-order valence-electron chi connectivity index (χ2n) is 5.02. The van der Waals surface area contributed by atoms with Gasteiger partial charge in [0.1, 0.15) is 12.4 Å². The van der Waals surface area contributed by atoms with Gasteiger partial charge < -0.3 is 14.8 Å². The first-order valence-electron chi connectivity index (χ1n) is 7.46. The molecule has 0 saturated heterocycles. The van der Waals surface area contributed by atoms with Gasteiger partial charge in [0.05, 0.1) is 11.1 Å². The van der Waals surface area contributed by atoms with E-state index in [0.717, 1.165) is 10.0 Å². The lowest BCUT2D eigenvalue weighted by molar-refractivity contribution is 0.0950. The lowest BCUT2D eigenvalue weighted by Crippen LogP contribution is -2.22. The number of methoxy groups -OCH3 is 1. The summed E-state index contributed by atoms with van der Waals surface area (Å²) in [5.74, 6) is 0.573. The summed E-state index contributed by atoms with van der Waals surface area (Å²) >= 11 is 5.13. The third kappa shape index (κ3) is 5.54. The van der Waals surface area contributed by atoms with E-state index in [9.17, 15) is 4.79 Å². The van der Waals surface area contributed by atoms with Crippen molar-refractivity contribution in [2.24, 2.45) is 0 Å². The molecule has 128 valence electrons. The van der Waals surface area contributed by atoms with Crippen LogP contribution in [-0.2, 0) is 11.3 Å². The van der Waals surface area contributed by atoms with Crippen LogP contribution in [0.3, 0.4) is 0 Å². The largest absolute Gasteiger partial charge is 0.490 e. The Kier molecular flexibility index (Phi) is 7.62. The summed E-state index contributed by atoms with van der Waals surface area (Å²) < 4.78 is 11.3. The zero-order chi connectivity index (χ0) is 17.4. The number of carbonyl (C=O) groups is 1. The summed E-state index contributed by atoms with van der Waals surface area (Å²) in [7, 11) is 1.63. The summed E-state index contributed by atoms with van der Waals surface area (Å²) in [6.45, 7) is 1.48. The Morgan fingerprint density at radius 1 is 1.17 bits per heavy atom. The van der Waals surface area contributed by atoms with E-state index in [0.29, 0.717) is 31.1 Å². The highest BCUT2D eigenvalue weighted by molar-refractivity contribution is 9.10. The van der Waals surface area contributed by atoms with E-state index in [1.807, 2.05) is 18.4 Å². The molecule has 24 heavy (non-hydrogen) atoms. The average Bonchev–Trinajstić information content (AvgIpc) is 2.61. The van der Waals surface area contributed by atoms with Crippen LogP contribution in [0.2, 0.25) is 0 Å². The molecule has 1 N–H and O–H groups in total. The third-order valence-corrected chi connectivity index (χ3v) is 4.71. The first kappa shape index (κ1) is 18.8. The number of nitrogens with one attached hydrogen (secondary N) is 1. The highest BCUT2D eigenvalue weighted by Crippen LogP contribution is 2.26. The van der Waals surface area contributed by atoms with Gasteiger partial charge in [-0.3, -0.25) is 4.79 Å². The Morgan fingerprint density at radius 3 is 2.54 bits per heavy atom. The topological polar surface area (TPSA) is 47.6 Å². The van der Waals surface area contributed by atoms with Gasteiger partial charge in [0.2, 0.25) is 0 Å². The number of carbonyl (C=O) groups excluding carboxylic acids is 1. The lowest BCUT2D eigenvalue weighted by atomic mass is 10.2. The van der Waals surface area contributed by atoms with Gasteiger partial charge in [-0.15, -0.1) is 11.8 Å². The predicted molar refractivity (Wildman–Crippen MR) is 101 cm³/mol. The first-order valence-corrected chi connectivity index (χ1v) is 9.48. The molecule has 0 saturated carbocycles. The number of amides is 1. The molecule has 0 bridgehead atoms. The van der Waals surface area contributed by atoms with Crippen molar-refractivity contribution >= 4 is 33.6 Å². The van der Waals surface area contributed by atoms with Crippen LogP contribution in [0.25, 0.3) is 0 Å². The number of thioether (sulfide) groups is 1. The van der Waals surface area contributed by atoms with Crippen LogP contribution in [-0.4, -0.2) is 32.5 Å². The molecular weight excluding hydrogens is 390 g/mol. The molecule has 2 rings (SSSR count). The van der Waals surface area contributed by atoms with E-state index < -0.39 is 0 Å². The van der Waals surface area contributed by atoms with E-state index in [-0.39, 0.29) is 5.91 Å². The summed E-state index contributed by atoms with van der Waals surface area (Å²) in [5.41, 5.74) is 1.65. The highest BCUT2D eigenvalue weighted by atomic mass is 79.9. The molecule has 0 unspecified atom stereocenters. The number of halogens is 1. The Labute approximate surface area is 155 Å². The fourth-order valence-corrected chi connectivity index (χ4v) is 2.92. The molecule has 2 aromatic rings. The molecule has 0 fully saturated rings. The van der Waals surface area contributed by atoms with Crippen LogP contribution in [0.1, 0.15) is 15.9 Å². The van der Waals surface area contributed by atoms with Crippen molar-refractivity contribution < 1.29 is 14.3 Å². The van der Waals surface area contributed by atoms with Gasteiger partial charge in [-0.2, -0.15) is 0 Å². The predicted octanol–water partition coefficient (Wildman–Crippen LogP) is 4.13. The van der Waals surface area contributed by atoms with Crippen molar-refractivity contribution in [2.75, 3.05) is 26.6 Å². The molecule has 0 heterocycles. The van der Waals surface area contributed by atoms with Crippen LogP contribution in [0, 0.1) is 0 Å². The van der Waals surface area contributed by atoms with Crippen molar-refractivity contribution in [1.82, 2.24) is 5.32 Å². The fraction of sp³-hybridized carbons (Fsp3) is 0.278. The van der Waals surface area contributed by atoms with Crippen LogP contribution < -0.4 is 10.1 Å². The average molecular weight is 410 g/mol. The lowest BCUT2D eigenvalue weighted by Gasteiger charge is -2.10. The van der Waals surface area contributed by atoms with Crippen molar-refractivity contribution in [3.8, 4) is 5.75 Å². The summed E-state index contributed by atoms with van der Waals surface area (Å²) in [6, 6.07) is 13.4. The zero-order valence-corrected chi connectivity index (χ0v) is 16.1. The number of ether oxygens (including phenoxy) is 2. The molecule has 2 aromatic carbocycles. The summed E-state index contributed by atoms with van der Waals surface area (Å²) in [4.78, 5) is 13.5. The van der Waals surface area contributed by atoms with Gasteiger partial charge in [0, 0.05) is 24.1 Å². The molecule has 0 spiro atoms. The summed E-state index contributed by atoms with van der Waals surface area (Å²) in [6.07, 6.45) is 2.04. The van der Waals surface area contributed by atoms with E-state index in [1.165, 1.54) is 4.90 Å². The van der Waals surface area contributed by atoms with E-state index in [2.05, 4.69) is 33.4 Å². The minimum absolute atomic E-state index is 0.118. The maximum Gasteiger partial charge on any atom is 0.251 e. The van der Waals surface area contributed by atoms with E-state index in [1.54, 1.807) is 37.1 Å². The van der Waals surface area contributed by atoms with E-state index >= 15 is 0 Å². The van der Waals surface area contributed by atoms with Crippen LogP contribution in [0.5, 0.6) is 5.75 Å². The van der Waals surface area contributed by atoms with Crippen LogP contribution >= 0.6 is 27.7 Å². The van der Waals surface area contributed by atoms with Gasteiger partial charge >= 0.3 is 0 Å². The Hall–Kier alpha value is -1.50. The standard InChI is InChI=1S/C18H20BrNO3S/c1-22-9-10-23-17-8-5-14(11-16(17)19)18(21)20-12-13-3-6-15(24-2)7-4-13/h3-8,11H,9-10,12H2,1-2H3,(H,20,21). The summed E-state index contributed by atoms with van der Waals surface area (Å²) in [5, 5.41) is 2.92. The molecule has 0 aliphatic carbocycles. The molecule has 0 atom stereocenters. The van der Waals surface area contributed by atoms with Gasteiger partial charge in [0.25, 0.3) is 5.91 Å². The molecule has 0 aliphatic rings. The Bertz CT molecular complexity index is 676. The first-order chi connectivity index (χ1) is 11.6. The SMILES string of the molecule is COCCOc1ccc(C(=O)NCc2ccc(SC)cc2)cc1Br. The maximum atomic E-state index is 12.3. The number of hydrogen-bond donors (Lipinski definition) is 1. The van der Waals surface area contributed by atoms with Crippen molar-refractivity contribution in [3.63, 3.8) is 0 Å². The molecule has 0 radical (unpaired) electrons. The van der Waals surface area contributed by atoms with Crippen molar-refractivity contribution in [2.45, 2.75) is 11.4 Å². The molecule has 1 amide bonds. The van der Waals surface area contributed by atoms with Crippen LogP contribution in [0.15, 0.2) is 51.8 Å². The molecule has 4 nitrogen and oxygen atoms in total. The minimum atomic E-state index is -0.118. The Balaban J connectivity index is 1.92. The molecular formula is C18H20BrNO3S. The maximum absolute atomic E-state index is 12.3. The van der Waals surface area contributed by atoms with Crippen molar-refractivity contribution in [3.05, 3.63) is 58.1 Å². The second-order valence-corrected chi connectivity index (χ2v) is 6.75. The smallest absolute Gasteiger partial charge is 0.251 e. The molecule has 0 aliphatic heterocycles. The van der Waals surface area contributed by atoms with Gasteiger partial charge in [-0.25, -0.2) is 0 Å². The number of rotatable bonds is 8. The number of benzene rings is 2. The molecule has 6 heteroatoms. The Morgan fingerprint density at radius 2 is 1.92 bits per heavy atom. The highest BCUT2D eigenvalue weighted by Gasteiger charge is 2.09. The fourth-order valence-electron chi connectivity index (χ4n) is 2.02. The molecule has 0 aromatic heterocycles. The zero-order valence-electron chi connectivity index (χ0n) is 13.7. The minimum Gasteiger partial charge on any atom is -0.490 e. The number of hydrogen-bond acceptors (Lipinski definition) is 4. The second kappa shape index (κ2) is 9.71.